The predicted molar refractivity (Wildman–Crippen MR) is 105 cm³/mol. The highest BCUT2D eigenvalue weighted by Gasteiger charge is 2.36. The molecule has 1 fully saturated rings. The van der Waals surface area contributed by atoms with Gasteiger partial charge in [-0.25, -0.2) is 0 Å². The van der Waals surface area contributed by atoms with Gasteiger partial charge in [-0.2, -0.15) is 0 Å². The van der Waals surface area contributed by atoms with E-state index in [1.807, 2.05) is 12.1 Å². The van der Waals surface area contributed by atoms with Crippen molar-refractivity contribution in [3.8, 4) is 11.5 Å². The van der Waals surface area contributed by atoms with Crippen molar-refractivity contribution < 1.29 is 14.6 Å². The number of phenols is 1. The monoisotopic (exact) mass is 363 g/mol. The largest absolute Gasteiger partial charge is 0.508 e. The second kappa shape index (κ2) is 10.3. The maximum atomic E-state index is 10.1. The number of guanidine groups is 1. The van der Waals surface area contributed by atoms with Crippen LogP contribution in [0.3, 0.4) is 0 Å². The molecule has 1 aliphatic carbocycles. The molecule has 6 heteroatoms. The van der Waals surface area contributed by atoms with Crippen LogP contribution < -0.4 is 15.4 Å². The Morgan fingerprint density at radius 1 is 1.27 bits per heavy atom. The molecule has 0 unspecified atom stereocenters. The summed E-state index contributed by atoms with van der Waals surface area (Å²) in [6.45, 7) is 5.23. The summed E-state index contributed by atoms with van der Waals surface area (Å²) in [7, 11) is 3.35. The van der Waals surface area contributed by atoms with Crippen LogP contribution in [0.15, 0.2) is 23.2 Å². The highest BCUT2D eigenvalue weighted by molar-refractivity contribution is 5.79. The summed E-state index contributed by atoms with van der Waals surface area (Å²) < 4.78 is 10.4. The van der Waals surface area contributed by atoms with E-state index in [9.17, 15) is 5.11 Å². The van der Waals surface area contributed by atoms with Crippen LogP contribution in [0.1, 0.15) is 38.2 Å². The lowest BCUT2D eigenvalue weighted by Crippen LogP contribution is -2.41. The van der Waals surface area contributed by atoms with Crippen LogP contribution in [0.4, 0.5) is 0 Å². The molecule has 0 aromatic heterocycles. The molecule has 2 rings (SSSR count). The number of hydrogen-bond acceptors (Lipinski definition) is 4. The molecule has 0 radical (unpaired) electrons. The van der Waals surface area contributed by atoms with E-state index in [1.54, 1.807) is 20.3 Å². The summed E-state index contributed by atoms with van der Waals surface area (Å²) in [5, 5.41) is 16.7. The Morgan fingerprint density at radius 3 is 2.65 bits per heavy atom. The van der Waals surface area contributed by atoms with Gasteiger partial charge in [-0.1, -0.05) is 12.5 Å². The van der Waals surface area contributed by atoms with Crippen LogP contribution in [0, 0.1) is 5.41 Å². The topological polar surface area (TPSA) is 75.1 Å². The quantitative estimate of drug-likeness (QED) is 0.440. The fourth-order valence-electron chi connectivity index (χ4n) is 3.27. The van der Waals surface area contributed by atoms with Gasteiger partial charge in [0.25, 0.3) is 0 Å². The lowest BCUT2D eigenvalue weighted by molar-refractivity contribution is 0.0778. The average molecular weight is 364 g/mol. The SMILES string of the molecule is CCNC(=NCC1(CCOC)CCC1)NCCc1ccc(OC)cc1O. The number of ether oxygens (including phenoxy) is 2. The number of methoxy groups -OCH3 is 2. The van der Waals surface area contributed by atoms with Gasteiger partial charge in [0, 0.05) is 39.4 Å². The fourth-order valence-corrected chi connectivity index (χ4v) is 3.27. The maximum Gasteiger partial charge on any atom is 0.191 e. The number of nitrogens with zero attached hydrogens (tertiary/aromatic N) is 1. The number of phenolic OH excluding ortho intramolecular Hbond substituents is 1. The third-order valence-corrected chi connectivity index (χ3v) is 5.15. The molecule has 3 N–H and O–H groups in total. The first-order chi connectivity index (χ1) is 12.6. The summed E-state index contributed by atoms with van der Waals surface area (Å²) in [4.78, 5) is 4.80. The summed E-state index contributed by atoms with van der Waals surface area (Å²) in [6, 6.07) is 5.41. The highest BCUT2D eigenvalue weighted by Crippen LogP contribution is 2.44. The maximum absolute atomic E-state index is 10.1. The molecule has 26 heavy (non-hydrogen) atoms. The van der Waals surface area contributed by atoms with Gasteiger partial charge in [0.05, 0.1) is 7.11 Å². The molecule has 0 saturated heterocycles. The Balaban J connectivity index is 1.87. The molecule has 6 nitrogen and oxygen atoms in total. The number of aliphatic imine (C=N–C) groups is 1. The van der Waals surface area contributed by atoms with E-state index in [0.29, 0.717) is 17.7 Å². The summed E-state index contributed by atoms with van der Waals surface area (Å²) >= 11 is 0. The second-order valence-electron chi connectivity index (χ2n) is 6.96. The standard InChI is InChI=1S/C20H33N3O3/c1-4-21-19(23-15-20(9-5-10-20)11-13-25-2)22-12-8-16-6-7-17(26-3)14-18(16)24/h6-7,14,24H,4-5,8-13,15H2,1-3H3,(H2,21,22,23). The molecule has 0 spiro atoms. The first kappa shape index (κ1) is 20.4. The van der Waals surface area contributed by atoms with Crippen molar-refractivity contribution in [1.82, 2.24) is 10.6 Å². The van der Waals surface area contributed by atoms with E-state index >= 15 is 0 Å². The number of benzene rings is 1. The zero-order chi connectivity index (χ0) is 18.8. The van der Waals surface area contributed by atoms with Crippen LogP contribution in [0.25, 0.3) is 0 Å². The molecular formula is C20H33N3O3. The van der Waals surface area contributed by atoms with Gasteiger partial charge in [0.2, 0.25) is 0 Å². The average Bonchev–Trinajstić information content (AvgIpc) is 2.61. The Labute approximate surface area is 157 Å². The number of rotatable bonds is 10. The summed E-state index contributed by atoms with van der Waals surface area (Å²) in [5.41, 5.74) is 1.21. The van der Waals surface area contributed by atoms with Gasteiger partial charge in [-0.3, -0.25) is 4.99 Å². The molecule has 1 aromatic rings. The molecule has 0 heterocycles. The van der Waals surface area contributed by atoms with Crippen molar-refractivity contribution in [3.05, 3.63) is 23.8 Å². The van der Waals surface area contributed by atoms with Crippen LogP contribution in [0.5, 0.6) is 11.5 Å². The van der Waals surface area contributed by atoms with Crippen molar-refractivity contribution in [2.24, 2.45) is 10.4 Å². The van der Waals surface area contributed by atoms with Crippen molar-refractivity contribution in [3.63, 3.8) is 0 Å². The van der Waals surface area contributed by atoms with Crippen LogP contribution in [-0.4, -0.2) is 51.5 Å². The van der Waals surface area contributed by atoms with Gasteiger partial charge >= 0.3 is 0 Å². The van der Waals surface area contributed by atoms with E-state index in [4.69, 9.17) is 14.5 Å². The zero-order valence-corrected chi connectivity index (χ0v) is 16.3. The van der Waals surface area contributed by atoms with Crippen molar-refractivity contribution in [1.29, 1.82) is 0 Å². The zero-order valence-electron chi connectivity index (χ0n) is 16.3. The molecule has 1 aliphatic rings. The summed E-state index contributed by atoms with van der Waals surface area (Å²) in [6.07, 6.45) is 5.55. The van der Waals surface area contributed by atoms with Gasteiger partial charge in [0.15, 0.2) is 5.96 Å². The Bertz CT molecular complexity index is 586. The third-order valence-electron chi connectivity index (χ3n) is 5.15. The normalized spacial score (nSPS) is 16.0. The van der Waals surface area contributed by atoms with E-state index in [1.165, 1.54) is 19.3 Å². The minimum atomic E-state index is 0.265. The van der Waals surface area contributed by atoms with Crippen molar-refractivity contribution >= 4 is 5.96 Å². The van der Waals surface area contributed by atoms with E-state index < -0.39 is 0 Å². The number of hydrogen-bond donors (Lipinski definition) is 3. The van der Waals surface area contributed by atoms with Crippen LogP contribution in [0.2, 0.25) is 0 Å². The van der Waals surface area contributed by atoms with Gasteiger partial charge < -0.3 is 25.2 Å². The Morgan fingerprint density at radius 2 is 2.08 bits per heavy atom. The van der Waals surface area contributed by atoms with Gasteiger partial charge in [0.1, 0.15) is 11.5 Å². The summed E-state index contributed by atoms with van der Waals surface area (Å²) in [5.74, 6) is 1.77. The first-order valence-corrected chi connectivity index (χ1v) is 9.49. The lowest BCUT2D eigenvalue weighted by Gasteiger charge is -2.40. The second-order valence-corrected chi connectivity index (χ2v) is 6.96. The van der Waals surface area contributed by atoms with Gasteiger partial charge in [-0.05, 0) is 49.7 Å². The minimum Gasteiger partial charge on any atom is -0.508 e. The van der Waals surface area contributed by atoms with Gasteiger partial charge in [-0.15, -0.1) is 0 Å². The molecule has 1 saturated carbocycles. The molecule has 0 aliphatic heterocycles. The first-order valence-electron chi connectivity index (χ1n) is 9.49. The van der Waals surface area contributed by atoms with Crippen LogP contribution >= 0.6 is 0 Å². The Hall–Kier alpha value is -1.95. The predicted octanol–water partition coefficient (Wildman–Crippen LogP) is 2.71. The lowest BCUT2D eigenvalue weighted by atomic mass is 9.67. The highest BCUT2D eigenvalue weighted by atomic mass is 16.5. The third kappa shape index (κ3) is 5.80. The molecule has 146 valence electrons. The molecule has 0 bridgehead atoms. The molecular weight excluding hydrogens is 330 g/mol. The van der Waals surface area contributed by atoms with E-state index in [0.717, 1.165) is 44.1 Å². The molecule has 1 aromatic carbocycles. The van der Waals surface area contributed by atoms with Crippen molar-refractivity contribution in [2.45, 2.75) is 39.0 Å². The van der Waals surface area contributed by atoms with E-state index in [2.05, 4.69) is 17.6 Å². The molecule has 0 atom stereocenters. The van der Waals surface area contributed by atoms with Crippen molar-refractivity contribution in [2.75, 3.05) is 40.5 Å². The minimum absolute atomic E-state index is 0.265. The molecule has 0 amide bonds. The van der Waals surface area contributed by atoms with E-state index in [-0.39, 0.29) is 5.75 Å². The smallest absolute Gasteiger partial charge is 0.191 e. The Kier molecular flexibility index (Phi) is 8.04. The fraction of sp³-hybridized carbons (Fsp3) is 0.650. The number of aromatic hydroxyl groups is 1. The number of nitrogens with one attached hydrogen (secondary N) is 2. The van der Waals surface area contributed by atoms with Crippen LogP contribution in [-0.2, 0) is 11.2 Å².